The Hall–Kier alpha value is -0.990. The summed E-state index contributed by atoms with van der Waals surface area (Å²) in [7, 11) is 0. The van der Waals surface area contributed by atoms with Gasteiger partial charge in [0.1, 0.15) is 11.5 Å². The highest BCUT2D eigenvalue weighted by molar-refractivity contribution is 5.07. The van der Waals surface area contributed by atoms with Crippen molar-refractivity contribution in [1.29, 1.82) is 0 Å². The minimum absolute atomic E-state index is 0.156. The molecule has 11 heavy (non-hydrogen) atoms. The van der Waals surface area contributed by atoms with Crippen LogP contribution < -0.4 is 0 Å². The van der Waals surface area contributed by atoms with Gasteiger partial charge in [-0.2, -0.15) is 10.2 Å². The second kappa shape index (κ2) is 3.42. The summed E-state index contributed by atoms with van der Waals surface area (Å²) in [5.74, 6) is -0.0990. The van der Waals surface area contributed by atoms with E-state index in [0.717, 1.165) is 6.42 Å². The molecule has 0 N–H and O–H groups in total. The van der Waals surface area contributed by atoms with E-state index >= 15 is 0 Å². The van der Waals surface area contributed by atoms with Gasteiger partial charge in [0, 0.05) is 5.92 Å². The minimum atomic E-state index is -0.255. The highest BCUT2D eigenvalue weighted by Gasteiger charge is 2.09. The molecule has 1 atom stereocenters. The second-order valence-electron chi connectivity index (χ2n) is 2.57. The Kier molecular flexibility index (Phi) is 2.52. The fourth-order valence-corrected chi connectivity index (χ4v) is 0.855. The summed E-state index contributed by atoms with van der Waals surface area (Å²) in [6, 6.07) is 1.34. The standard InChI is InChI=1S/C8H11FN2/c1-3-6(2)8-7(9)4-5-10-11-8/h4-6H,3H2,1-2H3. The maximum absolute atomic E-state index is 12.9. The largest absolute Gasteiger partial charge is 0.205 e. The van der Waals surface area contributed by atoms with Crippen molar-refractivity contribution >= 4 is 0 Å². The van der Waals surface area contributed by atoms with Crippen LogP contribution in [0.3, 0.4) is 0 Å². The molecule has 0 aliphatic heterocycles. The zero-order valence-corrected chi connectivity index (χ0v) is 6.71. The average Bonchev–Trinajstić information content (AvgIpc) is 2.04. The number of hydrogen-bond acceptors (Lipinski definition) is 2. The molecule has 1 aromatic heterocycles. The zero-order chi connectivity index (χ0) is 8.27. The first-order chi connectivity index (χ1) is 5.25. The van der Waals surface area contributed by atoms with E-state index in [0.29, 0.717) is 5.69 Å². The van der Waals surface area contributed by atoms with Gasteiger partial charge in [-0.05, 0) is 12.5 Å². The summed E-state index contributed by atoms with van der Waals surface area (Å²) < 4.78 is 12.9. The Labute approximate surface area is 65.5 Å². The second-order valence-corrected chi connectivity index (χ2v) is 2.57. The molecule has 3 heteroatoms. The SMILES string of the molecule is CCC(C)c1nnccc1F. The summed E-state index contributed by atoms with van der Waals surface area (Å²) in [5, 5.41) is 7.35. The summed E-state index contributed by atoms with van der Waals surface area (Å²) >= 11 is 0. The normalized spacial score (nSPS) is 13.0. The Morgan fingerprint density at radius 1 is 1.64 bits per heavy atom. The van der Waals surface area contributed by atoms with Crippen molar-refractivity contribution in [2.45, 2.75) is 26.2 Å². The van der Waals surface area contributed by atoms with Crippen molar-refractivity contribution < 1.29 is 4.39 Å². The monoisotopic (exact) mass is 154 g/mol. The molecule has 1 rings (SSSR count). The van der Waals surface area contributed by atoms with Crippen LogP contribution in [-0.4, -0.2) is 10.2 Å². The fourth-order valence-electron chi connectivity index (χ4n) is 0.855. The molecule has 0 spiro atoms. The molecule has 0 saturated heterocycles. The molecule has 2 nitrogen and oxygen atoms in total. The molecule has 1 aromatic rings. The first-order valence-electron chi connectivity index (χ1n) is 3.72. The number of aromatic nitrogens is 2. The Morgan fingerprint density at radius 2 is 2.36 bits per heavy atom. The fraction of sp³-hybridized carbons (Fsp3) is 0.500. The molecule has 1 heterocycles. The third kappa shape index (κ3) is 1.73. The van der Waals surface area contributed by atoms with E-state index in [2.05, 4.69) is 10.2 Å². The van der Waals surface area contributed by atoms with Gasteiger partial charge in [0.25, 0.3) is 0 Å². The maximum atomic E-state index is 12.9. The molecule has 0 aliphatic carbocycles. The molecular weight excluding hydrogens is 143 g/mol. The molecule has 0 fully saturated rings. The lowest BCUT2D eigenvalue weighted by atomic mass is 10.1. The van der Waals surface area contributed by atoms with Gasteiger partial charge in [-0.1, -0.05) is 13.8 Å². The Bertz CT molecular complexity index is 237. The highest BCUT2D eigenvalue weighted by Crippen LogP contribution is 2.17. The van der Waals surface area contributed by atoms with Gasteiger partial charge in [0.05, 0.1) is 6.20 Å². The quantitative estimate of drug-likeness (QED) is 0.652. The van der Waals surface area contributed by atoms with Crippen LogP contribution in [0.25, 0.3) is 0 Å². The Balaban J connectivity index is 2.93. The van der Waals surface area contributed by atoms with Crippen LogP contribution in [0.15, 0.2) is 12.3 Å². The van der Waals surface area contributed by atoms with Crippen LogP contribution in [0.4, 0.5) is 4.39 Å². The maximum Gasteiger partial charge on any atom is 0.148 e. The molecular formula is C8H11FN2. The van der Waals surface area contributed by atoms with Gasteiger partial charge < -0.3 is 0 Å². The van der Waals surface area contributed by atoms with Crippen molar-refractivity contribution in [2.75, 3.05) is 0 Å². The predicted molar refractivity (Wildman–Crippen MR) is 40.7 cm³/mol. The smallest absolute Gasteiger partial charge is 0.148 e. The van der Waals surface area contributed by atoms with E-state index < -0.39 is 0 Å². The molecule has 0 bridgehead atoms. The van der Waals surface area contributed by atoms with Crippen molar-refractivity contribution in [3.05, 3.63) is 23.8 Å². The Morgan fingerprint density at radius 3 is 2.91 bits per heavy atom. The van der Waals surface area contributed by atoms with Gasteiger partial charge in [-0.15, -0.1) is 0 Å². The molecule has 0 radical (unpaired) electrons. The van der Waals surface area contributed by atoms with E-state index in [-0.39, 0.29) is 11.7 Å². The van der Waals surface area contributed by atoms with Crippen LogP contribution in [0.1, 0.15) is 31.9 Å². The first kappa shape index (κ1) is 8.11. The molecule has 1 unspecified atom stereocenters. The van der Waals surface area contributed by atoms with E-state index in [9.17, 15) is 4.39 Å². The summed E-state index contributed by atoms with van der Waals surface area (Å²) in [5.41, 5.74) is 0.468. The molecule has 0 saturated carbocycles. The molecule has 0 amide bonds. The van der Waals surface area contributed by atoms with Crippen LogP contribution in [0.5, 0.6) is 0 Å². The molecule has 60 valence electrons. The van der Waals surface area contributed by atoms with Crippen molar-refractivity contribution in [3.8, 4) is 0 Å². The van der Waals surface area contributed by atoms with Crippen LogP contribution in [0.2, 0.25) is 0 Å². The van der Waals surface area contributed by atoms with Gasteiger partial charge in [-0.25, -0.2) is 4.39 Å². The van der Waals surface area contributed by atoms with Crippen LogP contribution in [0, 0.1) is 5.82 Å². The van der Waals surface area contributed by atoms with Gasteiger partial charge >= 0.3 is 0 Å². The predicted octanol–water partition coefficient (Wildman–Crippen LogP) is 2.13. The van der Waals surface area contributed by atoms with Crippen LogP contribution in [-0.2, 0) is 0 Å². The van der Waals surface area contributed by atoms with Gasteiger partial charge in [0.2, 0.25) is 0 Å². The number of rotatable bonds is 2. The van der Waals surface area contributed by atoms with Gasteiger partial charge in [0.15, 0.2) is 0 Å². The summed E-state index contributed by atoms with van der Waals surface area (Å²) in [6.45, 7) is 3.94. The minimum Gasteiger partial charge on any atom is -0.205 e. The topological polar surface area (TPSA) is 25.8 Å². The third-order valence-corrected chi connectivity index (χ3v) is 1.78. The first-order valence-corrected chi connectivity index (χ1v) is 3.72. The highest BCUT2D eigenvalue weighted by atomic mass is 19.1. The van der Waals surface area contributed by atoms with E-state index in [4.69, 9.17) is 0 Å². The number of nitrogens with zero attached hydrogens (tertiary/aromatic N) is 2. The van der Waals surface area contributed by atoms with E-state index in [1.807, 2.05) is 13.8 Å². The third-order valence-electron chi connectivity index (χ3n) is 1.78. The van der Waals surface area contributed by atoms with E-state index in [1.54, 1.807) is 0 Å². The number of halogens is 1. The summed E-state index contributed by atoms with van der Waals surface area (Å²) in [6.07, 6.45) is 2.25. The number of hydrogen-bond donors (Lipinski definition) is 0. The van der Waals surface area contributed by atoms with Crippen LogP contribution >= 0.6 is 0 Å². The van der Waals surface area contributed by atoms with E-state index in [1.165, 1.54) is 12.3 Å². The molecule has 0 aromatic carbocycles. The lowest BCUT2D eigenvalue weighted by Gasteiger charge is -2.06. The summed E-state index contributed by atoms with van der Waals surface area (Å²) in [4.78, 5) is 0. The molecule has 0 aliphatic rings. The van der Waals surface area contributed by atoms with Gasteiger partial charge in [-0.3, -0.25) is 0 Å². The lowest BCUT2D eigenvalue weighted by molar-refractivity contribution is 0.557. The van der Waals surface area contributed by atoms with Crippen molar-refractivity contribution in [3.63, 3.8) is 0 Å². The zero-order valence-electron chi connectivity index (χ0n) is 6.71. The lowest BCUT2D eigenvalue weighted by Crippen LogP contribution is -2.00. The van der Waals surface area contributed by atoms with Crippen molar-refractivity contribution in [2.24, 2.45) is 0 Å². The van der Waals surface area contributed by atoms with Crippen molar-refractivity contribution in [1.82, 2.24) is 10.2 Å². The average molecular weight is 154 g/mol.